The minimum atomic E-state index is 0. The fourth-order valence-corrected chi connectivity index (χ4v) is 4.93. The number of fused-ring (bicyclic) bond motifs is 2. The fourth-order valence-electron chi connectivity index (χ4n) is 2.50. The van der Waals surface area contributed by atoms with Crippen molar-refractivity contribution in [3.05, 3.63) is 35.4 Å². The molecule has 1 saturated heterocycles. The largest absolute Gasteiger partial charge is 0.275 e. The number of nitrogens with zero attached hydrogens (tertiary/aromatic N) is 1. The third-order valence-corrected chi connectivity index (χ3v) is 6.09. The van der Waals surface area contributed by atoms with Crippen LogP contribution in [0.1, 0.15) is 11.1 Å². The van der Waals surface area contributed by atoms with Crippen LogP contribution in [0.2, 0.25) is 0 Å². The Hall–Kier alpha value is 0.610. The molecule has 4 heteroatoms. The molecule has 0 N–H and O–H groups in total. The van der Waals surface area contributed by atoms with Crippen LogP contribution in [-0.2, 0) is 13.0 Å². The lowest BCUT2D eigenvalue weighted by atomic mass is 9.95. The van der Waals surface area contributed by atoms with Gasteiger partial charge in [-0.05, 0) is 23.8 Å². The average molecular weight is 365 g/mol. The van der Waals surface area contributed by atoms with Crippen LogP contribution in [0.5, 0.6) is 0 Å². The first-order chi connectivity index (χ1) is 7.38. The molecule has 0 amide bonds. The van der Waals surface area contributed by atoms with Gasteiger partial charge in [0.25, 0.3) is 0 Å². The van der Waals surface area contributed by atoms with Gasteiger partial charge in [0.05, 0.1) is 0 Å². The number of thioether (sulfide) groups is 2. The van der Waals surface area contributed by atoms with Gasteiger partial charge in [0.2, 0.25) is 0 Å². The van der Waals surface area contributed by atoms with Crippen molar-refractivity contribution in [3.63, 3.8) is 0 Å². The molecule has 1 aromatic rings. The molecule has 1 nitrogen and oxygen atoms in total. The minimum absolute atomic E-state index is 0. The van der Waals surface area contributed by atoms with E-state index < -0.39 is 0 Å². The van der Waals surface area contributed by atoms with Gasteiger partial charge in [0.1, 0.15) is 4.71 Å². The van der Waals surface area contributed by atoms with Gasteiger partial charge in [-0.25, -0.2) is 0 Å². The molecule has 0 spiro atoms. The summed E-state index contributed by atoms with van der Waals surface area (Å²) in [5.41, 5.74) is 3.11. The predicted molar refractivity (Wildman–Crippen MR) is 84.7 cm³/mol. The van der Waals surface area contributed by atoms with E-state index in [9.17, 15) is 0 Å². The van der Waals surface area contributed by atoms with E-state index in [0.29, 0.717) is 4.71 Å². The summed E-state index contributed by atoms with van der Waals surface area (Å²) in [6.45, 7) is 1.15. The molecular weight excluding hydrogens is 349 g/mol. The molecule has 1 aromatic carbocycles. The number of hydrogen-bond donors (Lipinski definition) is 0. The summed E-state index contributed by atoms with van der Waals surface area (Å²) in [5, 5.41) is 0. The van der Waals surface area contributed by atoms with Gasteiger partial charge < -0.3 is 0 Å². The first-order valence-electron chi connectivity index (χ1n) is 5.35. The van der Waals surface area contributed by atoms with Crippen molar-refractivity contribution >= 4 is 47.5 Å². The fraction of sp³-hybridized carbons (Fsp3) is 0.500. The van der Waals surface area contributed by atoms with Crippen LogP contribution in [0.4, 0.5) is 0 Å². The normalized spacial score (nSPS) is 28.1. The lowest BCUT2D eigenvalue weighted by Gasteiger charge is -2.33. The van der Waals surface area contributed by atoms with E-state index in [0.717, 1.165) is 12.6 Å². The Bertz CT molecular complexity index is 372. The molecule has 88 valence electrons. The van der Waals surface area contributed by atoms with Crippen molar-refractivity contribution in [2.24, 2.45) is 0 Å². The maximum atomic E-state index is 2.66. The number of rotatable bonds is 1. The zero-order valence-electron chi connectivity index (χ0n) is 9.26. The van der Waals surface area contributed by atoms with Gasteiger partial charge in [0, 0.05) is 18.3 Å². The van der Waals surface area contributed by atoms with Crippen LogP contribution in [0.25, 0.3) is 0 Å². The molecule has 2 heterocycles. The number of benzene rings is 1. The highest BCUT2D eigenvalue weighted by Gasteiger charge is 2.36. The van der Waals surface area contributed by atoms with Gasteiger partial charge >= 0.3 is 0 Å². The van der Waals surface area contributed by atoms with Crippen molar-refractivity contribution < 1.29 is 0 Å². The van der Waals surface area contributed by atoms with Crippen LogP contribution in [-0.4, -0.2) is 27.7 Å². The van der Waals surface area contributed by atoms with Crippen LogP contribution >= 0.6 is 47.5 Å². The van der Waals surface area contributed by atoms with Crippen LogP contribution < -0.4 is 0 Å². The summed E-state index contributed by atoms with van der Waals surface area (Å²) in [6.07, 6.45) is 3.47. The Balaban J connectivity index is 0.000000963. The minimum Gasteiger partial charge on any atom is -0.275 e. The molecule has 2 atom stereocenters. The molecule has 0 aliphatic carbocycles. The maximum Gasteiger partial charge on any atom is 0.103 e. The third-order valence-electron chi connectivity index (χ3n) is 3.30. The highest BCUT2D eigenvalue weighted by molar-refractivity contribution is 14.0. The summed E-state index contributed by atoms with van der Waals surface area (Å²) < 4.78 is 0.684. The number of halogens is 1. The molecule has 2 aliphatic heterocycles. The Morgan fingerprint density at radius 3 is 2.81 bits per heavy atom. The lowest BCUT2D eigenvalue weighted by Crippen LogP contribution is -2.39. The molecular formula is C12H16INS2. The van der Waals surface area contributed by atoms with Crippen LogP contribution in [0, 0.1) is 0 Å². The first-order valence-corrected chi connectivity index (χ1v) is 7.69. The van der Waals surface area contributed by atoms with Gasteiger partial charge in [-0.1, -0.05) is 24.3 Å². The van der Waals surface area contributed by atoms with Gasteiger partial charge in [0.15, 0.2) is 0 Å². The van der Waals surface area contributed by atoms with E-state index in [-0.39, 0.29) is 24.0 Å². The second-order valence-electron chi connectivity index (χ2n) is 4.18. The lowest BCUT2D eigenvalue weighted by molar-refractivity contribution is 0.225. The molecule has 0 aromatic heterocycles. The molecule has 0 bridgehead atoms. The second kappa shape index (κ2) is 5.50. The standard InChI is InChI=1S/C12H15NS2.HI/c1-14-12-13-7-10-5-3-2-4-9(10)6-11(13)8-15-12;/h2-5,11-12H,6-8H2,1H3;1H/t11-,12?;/m0./s1. The van der Waals surface area contributed by atoms with E-state index in [4.69, 9.17) is 0 Å². The zero-order chi connectivity index (χ0) is 10.3. The smallest absolute Gasteiger partial charge is 0.103 e. The quantitative estimate of drug-likeness (QED) is 0.702. The topological polar surface area (TPSA) is 3.24 Å². The predicted octanol–water partition coefficient (Wildman–Crippen LogP) is 3.42. The summed E-state index contributed by atoms with van der Waals surface area (Å²) in [5.74, 6) is 1.31. The summed E-state index contributed by atoms with van der Waals surface area (Å²) in [6, 6.07) is 9.69. The second-order valence-corrected chi connectivity index (χ2v) is 6.50. The highest BCUT2D eigenvalue weighted by atomic mass is 127. The molecule has 2 aliphatic rings. The summed E-state index contributed by atoms with van der Waals surface area (Å²) in [7, 11) is 0. The molecule has 16 heavy (non-hydrogen) atoms. The summed E-state index contributed by atoms with van der Waals surface area (Å²) in [4.78, 5) is 2.66. The molecule has 0 saturated carbocycles. The SMILES string of the molecule is CSC1SC[C@@H]2Cc3ccccc3CN12.I. The van der Waals surface area contributed by atoms with E-state index in [1.165, 1.54) is 17.7 Å². The maximum absolute atomic E-state index is 2.66. The summed E-state index contributed by atoms with van der Waals surface area (Å²) >= 11 is 4.09. The van der Waals surface area contributed by atoms with Gasteiger partial charge in [-0.15, -0.1) is 47.5 Å². The first kappa shape index (κ1) is 13.1. The van der Waals surface area contributed by atoms with Crippen LogP contribution in [0.3, 0.4) is 0 Å². The Labute approximate surface area is 123 Å². The van der Waals surface area contributed by atoms with E-state index in [1.54, 1.807) is 5.56 Å². The van der Waals surface area contributed by atoms with Crippen molar-refractivity contribution in [3.8, 4) is 0 Å². The Kier molecular flexibility index (Phi) is 4.49. The van der Waals surface area contributed by atoms with E-state index >= 15 is 0 Å². The molecule has 1 fully saturated rings. The zero-order valence-corrected chi connectivity index (χ0v) is 13.2. The van der Waals surface area contributed by atoms with Crippen molar-refractivity contribution in [2.45, 2.75) is 23.7 Å². The monoisotopic (exact) mass is 365 g/mol. The van der Waals surface area contributed by atoms with Crippen molar-refractivity contribution in [2.75, 3.05) is 12.0 Å². The van der Waals surface area contributed by atoms with E-state index in [2.05, 4.69) is 47.2 Å². The van der Waals surface area contributed by atoms with Crippen molar-refractivity contribution in [1.82, 2.24) is 4.90 Å². The van der Waals surface area contributed by atoms with Crippen LogP contribution in [0.15, 0.2) is 24.3 Å². The molecule has 0 radical (unpaired) electrons. The van der Waals surface area contributed by atoms with Crippen molar-refractivity contribution in [1.29, 1.82) is 0 Å². The van der Waals surface area contributed by atoms with Gasteiger partial charge in [-0.3, -0.25) is 4.90 Å². The Morgan fingerprint density at radius 1 is 1.31 bits per heavy atom. The van der Waals surface area contributed by atoms with Gasteiger partial charge in [-0.2, -0.15) is 0 Å². The highest BCUT2D eigenvalue weighted by Crippen LogP contribution is 2.40. The van der Waals surface area contributed by atoms with E-state index in [1.807, 2.05) is 11.8 Å². The molecule has 1 unspecified atom stereocenters. The third kappa shape index (κ3) is 2.26. The Morgan fingerprint density at radius 2 is 2.06 bits per heavy atom. The average Bonchev–Trinajstić information content (AvgIpc) is 2.68. The molecule has 3 rings (SSSR count). The number of hydrogen-bond acceptors (Lipinski definition) is 3.